The van der Waals surface area contributed by atoms with Crippen LogP contribution in [0.1, 0.15) is 21.5 Å². The number of phenolic OH excluding ortho intramolecular Hbond substituents is 1. The molecule has 0 heterocycles. The maximum atomic E-state index is 12.2. The molecule has 20 heavy (non-hydrogen) atoms. The first-order valence-electron chi connectivity index (χ1n) is 6.05. The van der Waals surface area contributed by atoms with Crippen LogP contribution in [0.4, 0.5) is 11.4 Å². The predicted octanol–water partition coefficient (Wildman–Crippen LogP) is 3.45. The van der Waals surface area contributed by atoms with E-state index in [0.29, 0.717) is 20.5 Å². The van der Waals surface area contributed by atoms with E-state index in [0.717, 1.165) is 11.1 Å². The number of halogens is 1. The third kappa shape index (κ3) is 2.87. The van der Waals surface area contributed by atoms with Crippen molar-refractivity contribution in [3.05, 3.63) is 50.6 Å². The monoisotopic (exact) mass is 382 g/mol. The number of hydrogen-bond acceptors (Lipinski definition) is 3. The van der Waals surface area contributed by atoms with Gasteiger partial charge >= 0.3 is 0 Å². The van der Waals surface area contributed by atoms with Gasteiger partial charge in [-0.3, -0.25) is 4.79 Å². The van der Waals surface area contributed by atoms with E-state index in [1.54, 1.807) is 12.1 Å². The molecule has 2 aromatic carbocycles. The molecule has 2 rings (SSSR count). The van der Waals surface area contributed by atoms with Crippen LogP contribution in [0.25, 0.3) is 0 Å². The molecule has 4 nitrogen and oxygen atoms in total. The Morgan fingerprint density at radius 1 is 1.25 bits per heavy atom. The smallest absolute Gasteiger partial charge is 0.255 e. The lowest BCUT2D eigenvalue weighted by Gasteiger charge is -2.13. The van der Waals surface area contributed by atoms with E-state index in [1.807, 2.05) is 48.6 Å². The number of nitrogen functional groups attached to an aromatic ring is 1. The van der Waals surface area contributed by atoms with Gasteiger partial charge in [0.25, 0.3) is 5.91 Å². The Morgan fingerprint density at radius 3 is 2.60 bits per heavy atom. The number of hydrogen-bond donors (Lipinski definition) is 3. The fourth-order valence-corrected chi connectivity index (χ4v) is 2.23. The van der Waals surface area contributed by atoms with E-state index in [4.69, 9.17) is 5.73 Å². The number of amides is 1. The molecule has 104 valence electrons. The van der Waals surface area contributed by atoms with Gasteiger partial charge in [-0.15, -0.1) is 0 Å². The fraction of sp³-hybridized carbons (Fsp3) is 0.133. The van der Waals surface area contributed by atoms with Crippen LogP contribution in [0, 0.1) is 17.4 Å². The molecule has 0 saturated carbocycles. The van der Waals surface area contributed by atoms with Crippen molar-refractivity contribution < 1.29 is 9.90 Å². The molecular formula is C15H15IN2O2. The number of aromatic hydroxyl groups is 1. The topological polar surface area (TPSA) is 75.3 Å². The molecule has 0 radical (unpaired) electrons. The Morgan fingerprint density at radius 2 is 1.95 bits per heavy atom. The average Bonchev–Trinajstić information content (AvgIpc) is 2.42. The number of phenols is 1. The molecule has 1 amide bonds. The van der Waals surface area contributed by atoms with Gasteiger partial charge in [0, 0.05) is 16.9 Å². The van der Waals surface area contributed by atoms with Crippen molar-refractivity contribution in [3.8, 4) is 5.75 Å². The number of aryl methyl sites for hydroxylation is 1. The van der Waals surface area contributed by atoms with E-state index >= 15 is 0 Å². The minimum absolute atomic E-state index is 0.0965. The van der Waals surface area contributed by atoms with Crippen molar-refractivity contribution in [2.24, 2.45) is 0 Å². The maximum Gasteiger partial charge on any atom is 0.255 e. The third-order valence-electron chi connectivity index (χ3n) is 3.16. The predicted molar refractivity (Wildman–Crippen MR) is 89.1 cm³/mol. The maximum absolute atomic E-state index is 12.2. The quantitative estimate of drug-likeness (QED) is 0.550. The van der Waals surface area contributed by atoms with Crippen LogP contribution >= 0.6 is 22.6 Å². The van der Waals surface area contributed by atoms with E-state index in [1.165, 1.54) is 6.07 Å². The summed E-state index contributed by atoms with van der Waals surface area (Å²) < 4.78 is 0.704. The first-order chi connectivity index (χ1) is 9.40. The number of carbonyl (C=O) groups excluding carboxylic acids is 1. The van der Waals surface area contributed by atoms with E-state index in [2.05, 4.69) is 5.32 Å². The van der Waals surface area contributed by atoms with Crippen LogP contribution in [-0.4, -0.2) is 11.0 Å². The van der Waals surface area contributed by atoms with Crippen molar-refractivity contribution in [1.29, 1.82) is 0 Å². The average molecular weight is 382 g/mol. The molecule has 0 unspecified atom stereocenters. The minimum Gasteiger partial charge on any atom is -0.507 e. The van der Waals surface area contributed by atoms with Gasteiger partial charge in [0.05, 0.1) is 3.57 Å². The molecule has 0 bridgehead atoms. The first kappa shape index (κ1) is 14.6. The zero-order chi connectivity index (χ0) is 14.9. The summed E-state index contributed by atoms with van der Waals surface area (Å²) in [4.78, 5) is 12.2. The highest BCUT2D eigenvalue weighted by Gasteiger charge is 2.12. The molecule has 0 aliphatic heterocycles. The van der Waals surface area contributed by atoms with Crippen LogP contribution in [0.15, 0.2) is 30.3 Å². The molecule has 0 saturated heterocycles. The number of anilines is 2. The number of nitrogens with two attached hydrogens (primary N) is 1. The summed E-state index contributed by atoms with van der Waals surface area (Å²) in [6.07, 6.45) is 0. The largest absolute Gasteiger partial charge is 0.507 e. The van der Waals surface area contributed by atoms with Crippen molar-refractivity contribution in [2.75, 3.05) is 11.1 Å². The highest BCUT2D eigenvalue weighted by atomic mass is 127. The second-order valence-electron chi connectivity index (χ2n) is 4.59. The summed E-state index contributed by atoms with van der Waals surface area (Å²) in [6.45, 7) is 3.77. The van der Waals surface area contributed by atoms with Crippen molar-refractivity contribution in [2.45, 2.75) is 13.8 Å². The SMILES string of the molecule is Cc1ccc(N)c(C)c1NC(=O)c1ccc(I)c(O)c1. The molecule has 4 N–H and O–H groups in total. The Kier molecular flexibility index (Phi) is 4.17. The van der Waals surface area contributed by atoms with Gasteiger partial charge in [-0.05, 0) is 71.8 Å². The molecular weight excluding hydrogens is 367 g/mol. The van der Waals surface area contributed by atoms with Gasteiger partial charge in [0.2, 0.25) is 0 Å². The molecule has 5 heteroatoms. The summed E-state index contributed by atoms with van der Waals surface area (Å²) in [5, 5.41) is 12.5. The fourth-order valence-electron chi connectivity index (χ4n) is 1.90. The van der Waals surface area contributed by atoms with E-state index in [9.17, 15) is 9.90 Å². The molecule has 0 aliphatic carbocycles. The van der Waals surface area contributed by atoms with Crippen LogP contribution < -0.4 is 11.1 Å². The second kappa shape index (κ2) is 5.70. The summed E-state index contributed by atoms with van der Waals surface area (Å²) in [7, 11) is 0. The summed E-state index contributed by atoms with van der Waals surface area (Å²) in [6, 6.07) is 8.51. The Balaban J connectivity index is 2.32. The second-order valence-corrected chi connectivity index (χ2v) is 5.75. The lowest BCUT2D eigenvalue weighted by molar-refractivity contribution is 0.102. The number of benzene rings is 2. The van der Waals surface area contributed by atoms with Crippen LogP contribution in [-0.2, 0) is 0 Å². The van der Waals surface area contributed by atoms with Crippen LogP contribution in [0.2, 0.25) is 0 Å². The number of nitrogens with one attached hydrogen (secondary N) is 1. The third-order valence-corrected chi connectivity index (χ3v) is 4.07. The summed E-state index contributed by atoms with van der Waals surface area (Å²) >= 11 is 2.00. The Hall–Kier alpha value is -1.76. The van der Waals surface area contributed by atoms with E-state index in [-0.39, 0.29) is 11.7 Å². The van der Waals surface area contributed by atoms with Crippen LogP contribution in [0.5, 0.6) is 5.75 Å². The van der Waals surface area contributed by atoms with E-state index < -0.39 is 0 Å². The van der Waals surface area contributed by atoms with Crippen molar-refractivity contribution in [1.82, 2.24) is 0 Å². The summed E-state index contributed by atoms with van der Waals surface area (Å²) in [5.41, 5.74) is 9.40. The number of carbonyl (C=O) groups is 1. The standard InChI is InChI=1S/C15H15IN2O2/c1-8-3-6-12(17)9(2)14(8)18-15(20)10-4-5-11(16)13(19)7-10/h3-7,19H,17H2,1-2H3,(H,18,20). The molecule has 0 fully saturated rings. The van der Waals surface area contributed by atoms with Gasteiger partial charge in [0.1, 0.15) is 5.75 Å². The van der Waals surface area contributed by atoms with Crippen molar-refractivity contribution >= 4 is 39.9 Å². The highest BCUT2D eigenvalue weighted by molar-refractivity contribution is 14.1. The van der Waals surface area contributed by atoms with Crippen molar-refractivity contribution in [3.63, 3.8) is 0 Å². The molecule has 0 aromatic heterocycles. The Bertz CT molecular complexity index is 684. The van der Waals surface area contributed by atoms with Gasteiger partial charge in [0.15, 0.2) is 0 Å². The lowest BCUT2D eigenvalue weighted by atomic mass is 10.1. The van der Waals surface area contributed by atoms with Gasteiger partial charge in [-0.2, -0.15) is 0 Å². The minimum atomic E-state index is -0.270. The molecule has 0 atom stereocenters. The normalized spacial score (nSPS) is 10.3. The lowest BCUT2D eigenvalue weighted by Crippen LogP contribution is -2.14. The number of rotatable bonds is 2. The summed E-state index contributed by atoms with van der Waals surface area (Å²) in [5.74, 6) is -0.173. The highest BCUT2D eigenvalue weighted by Crippen LogP contribution is 2.26. The Labute approximate surface area is 131 Å². The molecule has 0 spiro atoms. The van der Waals surface area contributed by atoms with Crippen LogP contribution in [0.3, 0.4) is 0 Å². The first-order valence-corrected chi connectivity index (χ1v) is 7.13. The zero-order valence-electron chi connectivity index (χ0n) is 11.2. The van der Waals surface area contributed by atoms with Gasteiger partial charge in [-0.1, -0.05) is 6.07 Å². The van der Waals surface area contributed by atoms with Gasteiger partial charge in [-0.25, -0.2) is 0 Å². The molecule has 0 aliphatic rings. The van der Waals surface area contributed by atoms with Gasteiger partial charge < -0.3 is 16.2 Å². The molecule has 2 aromatic rings. The zero-order valence-corrected chi connectivity index (χ0v) is 13.4.